The third-order valence-corrected chi connectivity index (χ3v) is 8.59. The highest BCUT2D eigenvalue weighted by molar-refractivity contribution is 6.32. The number of rotatable bonds is 5. The SMILES string of the molecule is Cn1ncc([C@H]2C[C@@H]2C(=O)Nc2cc3cc(C4CCN(C5(C)COCC5O)CC4)c(Cl)cc3cn2)n1. The predicted molar refractivity (Wildman–Crippen MR) is 136 cm³/mol. The minimum atomic E-state index is -0.453. The zero-order valence-corrected chi connectivity index (χ0v) is 21.3. The van der Waals surface area contributed by atoms with E-state index in [4.69, 9.17) is 16.3 Å². The maximum atomic E-state index is 12.8. The molecular weight excluding hydrogens is 480 g/mol. The molecule has 1 amide bonds. The van der Waals surface area contributed by atoms with Gasteiger partial charge in [-0.25, -0.2) is 4.98 Å². The number of ether oxygens (including phenoxy) is 1. The van der Waals surface area contributed by atoms with Crippen LogP contribution in [0.2, 0.25) is 5.02 Å². The number of aromatic nitrogens is 4. The number of halogens is 1. The Morgan fingerprint density at radius 2 is 2.03 bits per heavy atom. The van der Waals surface area contributed by atoms with Crippen molar-refractivity contribution in [3.8, 4) is 0 Å². The molecular formula is C26H31ClN6O3. The molecule has 2 aliphatic heterocycles. The molecule has 2 unspecified atom stereocenters. The van der Waals surface area contributed by atoms with Gasteiger partial charge in [-0.15, -0.1) is 0 Å². The van der Waals surface area contributed by atoms with Crippen LogP contribution in [-0.2, 0) is 16.6 Å². The zero-order chi connectivity index (χ0) is 25.0. The summed E-state index contributed by atoms with van der Waals surface area (Å²) in [6, 6.07) is 6.04. The number of carbonyl (C=O) groups excluding carboxylic acids is 1. The van der Waals surface area contributed by atoms with Crippen molar-refractivity contribution >= 4 is 34.1 Å². The van der Waals surface area contributed by atoms with E-state index in [1.165, 1.54) is 4.80 Å². The molecule has 4 heterocycles. The molecule has 1 aromatic carbocycles. The summed E-state index contributed by atoms with van der Waals surface area (Å²) in [4.78, 5) is 21.1. The Morgan fingerprint density at radius 1 is 1.22 bits per heavy atom. The number of nitrogens with one attached hydrogen (secondary N) is 1. The Bertz CT molecular complexity index is 1310. The lowest BCUT2D eigenvalue weighted by atomic mass is 9.85. The third kappa shape index (κ3) is 4.28. The lowest BCUT2D eigenvalue weighted by Gasteiger charge is -2.43. The first-order chi connectivity index (χ1) is 17.3. The van der Waals surface area contributed by atoms with Gasteiger partial charge in [0.1, 0.15) is 5.82 Å². The molecule has 0 radical (unpaired) electrons. The van der Waals surface area contributed by atoms with Crippen molar-refractivity contribution in [1.82, 2.24) is 24.9 Å². The Labute approximate surface area is 214 Å². The van der Waals surface area contributed by atoms with Crippen LogP contribution in [0.5, 0.6) is 0 Å². The van der Waals surface area contributed by atoms with Crippen LogP contribution in [0.4, 0.5) is 5.82 Å². The second kappa shape index (κ2) is 9.06. The topological polar surface area (TPSA) is 105 Å². The summed E-state index contributed by atoms with van der Waals surface area (Å²) in [5.74, 6) is 0.867. The Kier molecular flexibility index (Phi) is 5.99. The first-order valence-corrected chi connectivity index (χ1v) is 13.0. The summed E-state index contributed by atoms with van der Waals surface area (Å²) in [5.41, 5.74) is 1.67. The number of likely N-dealkylation sites (tertiary alicyclic amines) is 1. The minimum absolute atomic E-state index is 0.0364. The average Bonchev–Trinajstić information content (AvgIpc) is 3.44. The van der Waals surface area contributed by atoms with E-state index < -0.39 is 6.10 Å². The maximum absolute atomic E-state index is 12.8. The normalized spacial score (nSPS) is 29.1. The highest BCUT2D eigenvalue weighted by atomic mass is 35.5. The van der Waals surface area contributed by atoms with E-state index >= 15 is 0 Å². The third-order valence-electron chi connectivity index (χ3n) is 8.26. The monoisotopic (exact) mass is 510 g/mol. The summed E-state index contributed by atoms with van der Waals surface area (Å²) < 4.78 is 5.54. The second-order valence-electron chi connectivity index (χ2n) is 10.6. The number of pyridine rings is 1. The second-order valence-corrected chi connectivity index (χ2v) is 11.0. The summed E-state index contributed by atoms with van der Waals surface area (Å²) in [6.07, 6.45) is 5.75. The van der Waals surface area contributed by atoms with Crippen LogP contribution in [0.1, 0.15) is 49.3 Å². The minimum Gasteiger partial charge on any atom is -0.389 e. The van der Waals surface area contributed by atoms with E-state index in [9.17, 15) is 9.90 Å². The lowest BCUT2D eigenvalue weighted by Crippen LogP contribution is -2.56. The number of fused-ring (bicyclic) bond motifs is 1. The molecule has 0 bridgehead atoms. The quantitative estimate of drug-likeness (QED) is 0.543. The van der Waals surface area contributed by atoms with E-state index in [2.05, 4.69) is 38.4 Å². The Hall–Kier alpha value is -2.59. The van der Waals surface area contributed by atoms with Crippen molar-refractivity contribution in [2.24, 2.45) is 13.0 Å². The van der Waals surface area contributed by atoms with Crippen LogP contribution in [-0.4, -0.2) is 73.8 Å². The fourth-order valence-electron chi connectivity index (χ4n) is 5.78. The number of amides is 1. The molecule has 10 heteroatoms. The fraction of sp³-hybridized carbons (Fsp3) is 0.538. The van der Waals surface area contributed by atoms with Crippen LogP contribution in [0.3, 0.4) is 0 Å². The summed E-state index contributed by atoms with van der Waals surface area (Å²) in [7, 11) is 1.78. The molecule has 36 heavy (non-hydrogen) atoms. The van der Waals surface area contributed by atoms with E-state index in [-0.39, 0.29) is 23.3 Å². The fourth-order valence-corrected chi connectivity index (χ4v) is 6.11. The highest BCUT2D eigenvalue weighted by Gasteiger charge is 2.46. The van der Waals surface area contributed by atoms with Gasteiger partial charge in [0.05, 0.1) is 36.7 Å². The van der Waals surface area contributed by atoms with E-state index in [0.29, 0.717) is 24.9 Å². The number of aliphatic hydroxyl groups excluding tert-OH is 1. The maximum Gasteiger partial charge on any atom is 0.229 e. The average molecular weight is 511 g/mol. The molecule has 6 rings (SSSR count). The molecule has 2 saturated heterocycles. The molecule has 2 N–H and O–H groups in total. The van der Waals surface area contributed by atoms with Crippen LogP contribution in [0.15, 0.2) is 30.6 Å². The van der Waals surface area contributed by atoms with Gasteiger partial charge < -0.3 is 15.2 Å². The van der Waals surface area contributed by atoms with E-state index in [1.807, 2.05) is 12.1 Å². The van der Waals surface area contributed by atoms with Crippen molar-refractivity contribution in [2.45, 2.75) is 49.7 Å². The van der Waals surface area contributed by atoms with Gasteiger partial charge in [-0.3, -0.25) is 9.69 Å². The number of hydrogen-bond donors (Lipinski definition) is 2. The predicted octanol–water partition coefficient (Wildman–Crippen LogP) is 3.09. The van der Waals surface area contributed by atoms with Crippen molar-refractivity contribution < 1.29 is 14.6 Å². The zero-order valence-electron chi connectivity index (χ0n) is 20.5. The van der Waals surface area contributed by atoms with Gasteiger partial charge in [-0.2, -0.15) is 15.0 Å². The molecule has 0 spiro atoms. The highest BCUT2D eigenvalue weighted by Crippen LogP contribution is 2.47. The number of piperidine rings is 1. The summed E-state index contributed by atoms with van der Waals surface area (Å²) in [6.45, 7) is 4.84. The van der Waals surface area contributed by atoms with Gasteiger partial charge >= 0.3 is 0 Å². The number of aliphatic hydroxyl groups is 1. The molecule has 2 aromatic heterocycles. The van der Waals surface area contributed by atoms with Gasteiger partial charge in [-0.1, -0.05) is 11.6 Å². The van der Waals surface area contributed by atoms with E-state index in [0.717, 1.165) is 59.4 Å². The molecule has 1 saturated carbocycles. The Balaban J connectivity index is 1.15. The van der Waals surface area contributed by atoms with Crippen molar-refractivity contribution in [3.63, 3.8) is 0 Å². The smallest absolute Gasteiger partial charge is 0.229 e. The van der Waals surface area contributed by atoms with Crippen molar-refractivity contribution in [1.29, 1.82) is 0 Å². The van der Waals surface area contributed by atoms with Gasteiger partial charge in [0.2, 0.25) is 5.91 Å². The molecule has 9 nitrogen and oxygen atoms in total. The molecule has 1 aliphatic carbocycles. The first-order valence-electron chi connectivity index (χ1n) is 12.6. The summed E-state index contributed by atoms with van der Waals surface area (Å²) in [5, 5.41) is 24.5. The number of aryl methyl sites for hydroxylation is 1. The number of carbonyl (C=O) groups is 1. The van der Waals surface area contributed by atoms with Gasteiger partial charge in [-0.05, 0) is 74.3 Å². The van der Waals surface area contributed by atoms with E-state index in [1.54, 1.807) is 19.4 Å². The Morgan fingerprint density at radius 3 is 2.72 bits per heavy atom. The number of nitrogens with zero attached hydrogens (tertiary/aromatic N) is 5. The van der Waals surface area contributed by atoms with Crippen LogP contribution >= 0.6 is 11.6 Å². The lowest BCUT2D eigenvalue weighted by molar-refractivity contribution is -0.117. The molecule has 190 valence electrons. The largest absolute Gasteiger partial charge is 0.389 e. The summed E-state index contributed by atoms with van der Waals surface area (Å²) >= 11 is 6.72. The van der Waals surface area contributed by atoms with Crippen molar-refractivity contribution in [2.75, 3.05) is 31.6 Å². The number of hydrogen-bond acceptors (Lipinski definition) is 7. The van der Waals surface area contributed by atoms with Gasteiger partial charge in [0, 0.05) is 35.5 Å². The van der Waals surface area contributed by atoms with Crippen molar-refractivity contribution in [3.05, 3.63) is 46.9 Å². The van der Waals surface area contributed by atoms with Gasteiger partial charge in [0.15, 0.2) is 0 Å². The van der Waals surface area contributed by atoms with Crippen LogP contribution in [0, 0.1) is 5.92 Å². The molecule has 3 aromatic rings. The van der Waals surface area contributed by atoms with Gasteiger partial charge in [0.25, 0.3) is 0 Å². The standard InChI is InChI=1S/C26H31ClN6O3/c1-26(14-36-13-23(26)34)33-5-3-15(4-6-33)18-7-16-9-24(28-11-17(16)8-21(18)27)30-25(35)20-10-19(20)22-12-29-32(2)31-22/h7-9,11-12,15,19-20,23,34H,3-6,10,13-14H2,1-2H3,(H,28,30,35)/t19-,20-,23?,26?/m0/s1. The number of anilines is 1. The molecule has 3 fully saturated rings. The number of benzene rings is 1. The molecule has 4 atom stereocenters. The first kappa shape index (κ1) is 23.8. The van der Waals surface area contributed by atoms with Crippen LogP contribution in [0.25, 0.3) is 10.8 Å². The van der Waals surface area contributed by atoms with Crippen LogP contribution < -0.4 is 5.32 Å². The molecule has 3 aliphatic rings.